The van der Waals surface area contributed by atoms with Crippen LogP contribution in [0.4, 0.5) is 5.69 Å². The zero-order valence-electron chi connectivity index (χ0n) is 14.7. The normalized spacial score (nSPS) is 17.7. The number of amides is 1. The molecular weight excluding hydrogens is 328 g/mol. The van der Waals surface area contributed by atoms with Crippen molar-refractivity contribution in [2.75, 3.05) is 18.4 Å². The Morgan fingerprint density at radius 1 is 1.35 bits per heavy atom. The Bertz CT molecular complexity index is 950. The number of likely N-dealkylation sites (tertiary alicyclic amines) is 1. The average Bonchev–Trinajstić information content (AvgIpc) is 3.22. The number of nitrogens with zero attached hydrogens (tertiary/aromatic N) is 3. The molecule has 0 aliphatic carbocycles. The molecule has 2 N–H and O–H groups in total. The highest BCUT2D eigenvalue weighted by molar-refractivity contribution is 6.09. The summed E-state index contributed by atoms with van der Waals surface area (Å²) in [5.41, 5.74) is 4.29. The lowest BCUT2D eigenvalue weighted by atomic mass is 10.1. The van der Waals surface area contributed by atoms with Crippen LogP contribution in [-0.4, -0.2) is 44.7 Å². The number of hydrogen-bond donors (Lipinski definition) is 2. The van der Waals surface area contributed by atoms with Crippen LogP contribution in [0, 0.1) is 6.92 Å². The summed E-state index contributed by atoms with van der Waals surface area (Å²) in [5.74, 6) is -0.164. The van der Waals surface area contributed by atoms with Gasteiger partial charge in [-0.05, 0) is 42.7 Å². The van der Waals surface area contributed by atoms with Crippen molar-refractivity contribution in [3.63, 3.8) is 0 Å². The van der Waals surface area contributed by atoms with E-state index in [1.807, 2.05) is 49.5 Å². The molecule has 1 fully saturated rings. The maximum atomic E-state index is 12.7. The van der Waals surface area contributed by atoms with Gasteiger partial charge in [0.2, 0.25) is 0 Å². The Morgan fingerprint density at radius 3 is 3.04 bits per heavy atom. The molecule has 2 aromatic heterocycles. The molecule has 0 bridgehead atoms. The highest BCUT2D eigenvalue weighted by Crippen LogP contribution is 2.19. The molecule has 1 atom stereocenters. The van der Waals surface area contributed by atoms with Gasteiger partial charge in [-0.15, -0.1) is 0 Å². The molecule has 1 aliphatic heterocycles. The van der Waals surface area contributed by atoms with Crippen LogP contribution in [-0.2, 0) is 6.54 Å². The van der Waals surface area contributed by atoms with Gasteiger partial charge in [-0.25, -0.2) is 4.52 Å². The summed E-state index contributed by atoms with van der Waals surface area (Å²) in [4.78, 5) is 15.0. The molecule has 134 valence electrons. The number of aryl methyl sites for hydroxylation is 1. The van der Waals surface area contributed by atoms with Crippen LogP contribution in [0.5, 0.6) is 0 Å². The number of aliphatic hydroxyl groups is 1. The number of aromatic nitrogens is 2. The minimum absolute atomic E-state index is 0.164. The summed E-state index contributed by atoms with van der Waals surface area (Å²) in [6.07, 6.45) is 4.04. The molecule has 26 heavy (non-hydrogen) atoms. The third-order valence-corrected chi connectivity index (χ3v) is 4.83. The number of rotatable bonds is 4. The van der Waals surface area contributed by atoms with Crippen LogP contribution in [0.15, 0.2) is 48.8 Å². The van der Waals surface area contributed by atoms with Gasteiger partial charge in [0.15, 0.2) is 0 Å². The number of fused-ring (bicyclic) bond motifs is 1. The molecule has 1 amide bonds. The third-order valence-electron chi connectivity index (χ3n) is 4.83. The van der Waals surface area contributed by atoms with Gasteiger partial charge in [-0.3, -0.25) is 9.69 Å². The molecule has 0 spiro atoms. The van der Waals surface area contributed by atoms with E-state index in [9.17, 15) is 9.90 Å². The number of carbonyl (C=O) groups excluding carboxylic acids is 1. The monoisotopic (exact) mass is 350 g/mol. The quantitative estimate of drug-likeness (QED) is 0.758. The van der Waals surface area contributed by atoms with Crippen LogP contribution >= 0.6 is 0 Å². The standard InChI is InChI=1S/C20H22N4O2/c1-14-4-3-8-24-19(14)18(11-21-24)20(26)22-16-6-2-5-15(10-16)12-23-9-7-17(25)13-23/h2-6,8,10-11,17,25H,7,9,12-13H2,1H3,(H,22,26). The van der Waals surface area contributed by atoms with Crippen LogP contribution < -0.4 is 5.32 Å². The van der Waals surface area contributed by atoms with Gasteiger partial charge in [0, 0.05) is 31.5 Å². The van der Waals surface area contributed by atoms with Crippen LogP contribution in [0.3, 0.4) is 0 Å². The van der Waals surface area contributed by atoms with Crippen molar-refractivity contribution in [1.29, 1.82) is 0 Å². The molecule has 4 rings (SSSR count). The van der Waals surface area contributed by atoms with Gasteiger partial charge in [0.1, 0.15) is 0 Å². The number of pyridine rings is 1. The average molecular weight is 350 g/mol. The predicted molar refractivity (Wildman–Crippen MR) is 100 cm³/mol. The van der Waals surface area contributed by atoms with E-state index in [0.717, 1.165) is 41.8 Å². The predicted octanol–water partition coefficient (Wildman–Crippen LogP) is 2.46. The molecule has 6 nitrogen and oxygen atoms in total. The van der Waals surface area contributed by atoms with E-state index < -0.39 is 0 Å². The van der Waals surface area contributed by atoms with E-state index in [-0.39, 0.29) is 12.0 Å². The summed E-state index contributed by atoms with van der Waals surface area (Å²) in [5, 5.41) is 16.9. The number of benzene rings is 1. The SMILES string of the molecule is Cc1cccn2ncc(C(=O)Nc3cccc(CN4CCC(O)C4)c3)c12. The zero-order valence-corrected chi connectivity index (χ0v) is 14.7. The fourth-order valence-corrected chi connectivity index (χ4v) is 3.54. The summed E-state index contributed by atoms with van der Waals surface area (Å²) in [6.45, 7) is 4.35. The summed E-state index contributed by atoms with van der Waals surface area (Å²) >= 11 is 0. The van der Waals surface area contributed by atoms with Crippen molar-refractivity contribution in [3.05, 3.63) is 65.5 Å². The Hall–Kier alpha value is -2.70. The van der Waals surface area contributed by atoms with Crippen molar-refractivity contribution in [3.8, 4) is 0 Å². The summed E-state index contributed by atoms with van der Waals surface area (Å²) in [6, 6.07) is 11.7. The number of carbonyl (C=O) groups is 1. The van der Waals surface area contributed by atoms with Gasteiger partial charge in [-0.2, -0.15) is 5.10 Å². The van der Waals surface area contributed by atoms with Gasteiger partial charge in [0.05, 0.1) is 23.4 Å². The lowest BCUT2D eigenvalue weighted by Crippen LogP contribution is -2.21. The Kier molecular flexibility index (Phi) is 4.44. The molecule has 1 saturated heterocycles. The van der Waals surface area contributed by atoms with Gasteiger partial charge < -0.3 is 10.4 Å². The van der Waals surface area contributed by atoms with Crippen molar-refractivity contribution in [2.45, 2.75) is 26.0 Å². The van der Waals surface area contributed by atoms with Crippen molar-refractivity contribution in [1.82, 2.24) is 14.5 Å². The van der Waals surface area contributed by atoms with E-state index in [1.54, 1.807) is 10.7 Å². The highest BCUT2D eigenvalue weighted by atomic mass is 16.3. The minimum Gasteiger partial charge on any atom is -0.392 e. The second-order valence-corrected chi connectivity index (χ2v) is 6.87. The number of β-amino-alcohol motifs (C(OH)–C–C–N with tert-alkyl or cyclic N) is 1. The maximum Gasteiger partial charge on any atom is 0.259 e. The summed E-state index contributed by atoms with van der Waals surface area (Å²) < 4.78 is 1.72. The van der Waals surface area contributed by atoms with E-state index in [2.05, 4.69) is 15.3 Å². The third kappa shape index (κ3) is 3.34. The van der Waals surface area contributed by atoms with Gasteiger partial charge in [0.25, 0.3) is 5.91 Å². The smallest absolute Gasteiger partial charge is 0.259 e. The summed E-state index contributed by atoms with van der Waals surface area (Å²) in [7, 11) is 0. The fourth-order valence-electron chi connectivity index (χ4n) is 3.54. The fraction of sp³-hybridized carbons (Fsp3) is 0.300. The number of aliphatic hydroxyl groups excluding tert-OH is 1. The second kappa shape index (κ2) is 6.90. The molecule has 6 heteroatoms. The first kappa shape index (κ1) is 16.8. The molecular formula is C20H22N4O2. The van der Waals surface area contributed by atoms with E-state index in [0.29, 0.717) is 12.1 Å². The molecule has 1 aliphatic rings. The Labute approximate surface area is 152 Å². The molecule has 3 heterocycles. The maximum absolute atomic E-state index is 12.7. The van der Waals surface area contributed by atoms with Gasteiger partial charge in [-0.1, -0.05) is 18.2 Å². The van der Waals surface area contributed by atoms with Crippen molar-refractivity contribution in [2.24, 2.45) is 0 Å². The minimum atomic E-state index is -0.225. The van der Waals surface area contributed by atoms with Crippen LogP contribution in [0.1, 0.15) is 27.9 Å². The lowest BCUT2D eigenvalue weighted by molar-refractivity contribution is 0.102. The largest absolute Gasteiger partial charge is 0.392 e. The molecule has 0 radical (unpaired) electrons. The van der Waals surface area contributed by atoms with E-state index >= 15 is 0 Å². The number of anilines is 1. The number of hydrogen-bond acceptors (Lipinski definition) is 4. The van der Waals surface area contributed by atoms with E-state index in [1.165, 1.54) is 0 Å². The first-order valence-corrected chi connectivity index (χ1v) is 8.84. The molecule has 0 saturated carbocycles. The molecule has 1 unspecified atom stereocenters. The van der Waals surface area contributed by atoms with Crippen molar-refractivity contribution >= 4 is 17.1 Å². The molecule has 3 aromatic rings. The van der Waals surface area contributed by atoms with Crippen molar-refractivity contribution < 1.29 is 9.90 Å². The Morgan fingerprint density at radius 2 is 2.23 bits per heavy atom. The zero-order chi connectivity index (χ0) is 18.1. The van der Waals surface area contributed by atoms with E-state index in [4.69, 9.17) is 0 Å². The highest BCUT2D eigenvalue weighted by Gasteiger charge is 2.20. The number of nitrogens with one attached hydrogen (secondary N) is 1. The van der Waals surface area contributed by atoms with Crippen LogP contribution in [0.25, 0.3) is 5.52 Å². The lowest BCUT2D eigenvalue weighted by Gasteiger charge is -2.15. The molecule has 1 aromatic carbocycles. The van der Waals surface area contributed by atoms with Crippen LogP contribution in [0.2, 0.25) is 0 Å². The first-order chi connectivity index (χ1) is 12.6. The van der Waals surface area contributed by atoms with Gasteiger partial charge >= 0.3 is 0 Å². The second-order valence-electron chi connectivity index (χ2n) is 6.87. The first-order valence-electron chi connectivity index (χ1n) is 8.84. The topological polar surface area (TPSA) is 69.9 Å². The Balaban J connectivity index is 1.51.